The van der Waals surface area contributed by atoms with Gasteiger partial charge < -0.3 is 9.47 Å². The Balaban J connectivity index is 1.90. The van der Waals surface area contributed by atoms with Crippen molar-refractivity contribution >= 4 is 26.0 Å². The summed E-state index contributed by atoms with van der Waals surface area (Å²) in [4.78, 5) is 0.245. The van der Waals surface area contributed by atoms with Gasteiger partial charge in [-0.25, -0.2) is 8.42 Å². The van der Waals surface area contributed by atoms with Crippen molar-refractivity contribution in [2.24, 2.45) is 11.8 Å². The molecule has 2 fully saturated rings. The third kappa shape index (κ3) is 3.30. The highest BCUT2D eigenvalue weighted by atomic mass is 79.9. The van der Waals surface area contributed by atoms with Gasteiger partial charge in [0.25, 0.3) is 0 Å². The van der Waals surface area contributed by atoms with Gasteiger partial charge in [0.2, 0.25) is 10.0 Å². The Labute approximate surface area is 152 Å². The van der Waals surface area contributed by atoms with Gasteiger partial charge in [-0.3, -0.25) is 0 Å². The van der Waals surface area contributed by atoms with Gasteiger partial charge in [-0.05, 0) is 46.7 Å². The van der Waals surface area contributed by atoms with Crippen molar-refractivity contribution in [3.63, 3.8) is 0 Å². The Morgan fingerprint density at radius 3 is 2.33 bits per heavy atom. The first-order valence-electron chi connectivity index (χ1n) is 8.39. The molecule has 0 N–H and O–H groups in total. The number of piperidine rings is 1. The summed E-state index contributed by atoms with van der Waals surface area (Å²) in [5, 5.41) is 0. The molecule has 0 aromatic heterocycles. The van der Waals surface area contributed by atoms with Gasteiger partial charge >= 0.3 is 0 Å². The van der Waals surface area contributed by atoms with Gasteiger partial charge in [-0.2, -0.15) is 4.31 Å². The second-order valence-corrected chi connectivity index (χ2v) is 9.35. The van der Waals surface area contributed by atoms with Gasteiger partial charge in [-0.15, -0.1) is 0 Å². The number of ether oxygens (including phenoxy) is 2. The molecule has 5 nitrogen and oxygen atoms in total. The normalized spacial score (nSPS) is 25.1. The Morgan fingerprint density at radius 2 is 1.67 bits per heavy atom. The third-order valence-electron chi connectivity index (χ3n) is 5.31. The van der Waals surface area contributed by atoms with Gasteiger partial charge in [0.15, 0.2) is 11.5 Å². The van der Waals surface area contributed by atoms with Crippen molar-refractivity contribution in [3.05, 3.63) is 16.6 Å². The molecule has 0 amide bonds. The lowest BCUT2D eigenvalue weighted by Crippen LogP contribution is -2.44. The van der Waals surface area contributed by atoms with Crippen molar-refractivity contribution in [2.75, 3.05) is 27.3 Å². The van der Waals surface area contributed by atoms with Crippen molar-refractivity contribution in [2.45, 2.75) is 37.0 Å². The zero-order chi connectivity index (χ0) is 17.3. The topological polar surface area (TPSA) is 55.8 Å². The molecule has 7 heteroatoms. The number of benzene rings is 1. The maximum absolute atomic E-state index is 13.1. The van der Waals surface area contributed by atoms with Crippen molar-refractivity contribution in [1.82, 2.24) is 4.31 Å². The lowest BCUT2D eigenvalue weighted by Gasteiger charge is -2.40. The summed E-state index contributed by atoms with van der Waals surface area (Å²) < 4.78 is 39.0. The zero-order valence-electron chi connectivity index (χ0n) is 14.1. The summed E-state index contributed by atoms with van der Waals surface area (Å²) in [6, 6.07) is 3.20. The Bertz CT molecular complexity index is 707. The molecule has 1 aromatic rings. The first-order valence-corrected chi connectivity index (χ1v) is 10.6. The highest BCUT2D eigenvalue weighted by Crippen LogP contribution is 2.40. The highest BCUT2D eigenvalue weighted by Gasteiger charge is 2.37. The van der Waals surface area contributed by atoms with Crippen molar-refractivity contribution in [1.29, 1.82) is 0 Å². The molecule has 0 bridgehead atoms. The van der Waals surface area contributed by atoms with E-state index in [0.29, 0.717) is 40.9 Å². The van der Waals surface area contributed by atoms with Crippen LogP contribution in [0.25, 0.3) is 0 Å². The van der Waals surface area contributed by atoms with Crippen LogP contribution in [0.2, 0.25) is 0 Å². The van der Waals surface area contributed by atoms with Crippen LogP contribution >= 0.6 is 15.9 Å². The maximum Gasteiger partial charge on any atom is 0.244 e. The molecule has 0 unspecified atom stereocenters. The van der Waals surface area contributed by atoms with E-state index in [0.717, 1.165) is 12.8 Å². The number of rotatable bonds is 4. The fourth-order valence-corrected chi connectivity index (χ4v) is 6.47. The molecule has 3 rings (SSSR count). The molecule has 1 saturated carbocycles. The maximum atomic E-state index is 13.1. The number of methoxy groups -OCH3 is 2. The van der Waals surface area contributed by atoms with Crippen LogP contribution in [0.4, 0.5) is 0 Å². The van der Waals surface area contributed by atoms with Gasteiger partial charge in [0.1, 0.15) is 4.90 Å². The summed E-state index contributed by atoms with van der Waals surface area (Å²) in [6.45, 7) is 1.23. The molecule has 1 heterocycles. The predicted molar refractivity (Wildman–Crippen MR) is 96.1 cm³/mol. The first kappa shape index (κ1) is 18.0. The fourth-order valence-electron chi connectivity index (χ4n) is 3.96. The van der Waals surface area contributed by atoms with Crippen LogP contribution in [0.3, 0.4) is 0 Å². The average Bonchev–Trinajstić information content (AvgIpc) is 2.60. The number of hydrogen-bond donors (Lipinski definition) is 0. The van der Waals surface area contributed by atoms with Crippen LogP contribution in [0, 0.1) is 11.8 Å². The van der Waals surface area contributed by atoms with Gasteiger partial charge in [0.05, 0.1) is 14.2 Å². The minimum Gasteiger partial charge on any atom is -0.493 e. The first-order chi connectivity index (χ1) is 11.5. The van der Waals surface area contributed by atoms with Crippen LogP contribution in [-0.2, 0) is 10.0 Å². The van der Waals surface area contributed by atoms with E-state index in [2.05, 4.69) is 15.9 Å². The molecule has 1 aliphatic carbocycles. The van der Waals surface area contributed by atoms with Crippen LogP contribution in [-0.4, -0.2) is 40.0 Å². The van der Waals surface area contributed by atoms with Crippen LogP contribution in [0.15, 0.2) is 21.5 Å². The van der Waals surface area contributed by atoms with Crippen molar-refractivity contribution < 1.29 is 17.9 Å². The number of halogens is 1. The molecular formula is C17H24BrNO4S. The van der Waals surface area contributed by atoms with Crippen LogP contribution in [0.1, 0.15) is 32.1 Å². The average molecular weight is 418 g/mol. The van der Waals surface area contributed by atoms with E-state index in [1.165, 1.54) is 33.5 Å². The molecule has 24 heavy (non-hydrogen) atoms. The molecule has 1 saturated heterocycles. The van der Waals surface area contributed by atoms with Crippen LogP contribution in [0.5, 0.6) is 11.5 Å². The molecule has 0 spiro atoms. The predicted octanol–water partition coefficient (Wildman–Crippen LogP) is 3.67. The molecule has 134 valence electrons. The second kappa shape index (κ2) is 7.22. The second-order valence-electron chi connectivity index (χ2n) is 6.59. The Hall–Kier alpha value is -0.790. The van der Waals surface area contributed by atoms with Gasteiger partial charge in [0, 0.05) is 23.6 Å². The monoisotopic (exact) mass is 417 g/mol. The smallest absolute Gasteiger partial charge is 0.244 e. The lowest BCUT2D eigenvalue weighted by atomic mass is 9.76. The van der Waals surface area contributed by atoms with Crippen molar-refractivity contribution in [3.8, 4) is 11.5 Å². The van der Waals surface area contributed by atoms with E-state index in [1.807, 2.05) is 0 Å². The van der Waals surface area contributed by atoms with E-state index in [1.54, 1.807) is 16.4 Å². The molecule has 0 radical (unpaired) electrons. The van der Waals surface area contributed by atoms with E-state index >= 15 is 0 Å². The summed E-state index contributed by atoms with van der Waals surface area (Å²) in [5.74, 6) is 2.13. The number of sulfonamides is 1. The Kier molecular flexibility index (Phi) is 5.42. The van der Waals surface area contributed by atoms with E-state index in [-0.39, 0.29) is 4.90 Å². The summed E-state index contributed by atoms with van der Waals surface area (Å²) in [6.07, 6.45) is 5.86. The van der Waals surface area contributed by atoms with E-state index < -0.39 is 10.0 Å². The Morgan fingerprint density at radius 1 is 1.04 bits per heavy atom. The summed E-state index contributed by atoms with van der Waals surface area (Å²) >= 11 is 3.38. The van der Waals surface area contributed by atoms with E-state index in [9.17, 15) is 8.42 Å². The van der Waals surface area contributed by atoms with E-state index in [4.69, 9.17) is 9.47 Å². The number of nitrogens with zero attached hydrogens (tertiary/aromatic N) is 1. The molecule has 1 aromatic carbocycles. The van der Waals surface area contributed by atoms with Gasteiger partial charge in [-0.1, -0.05) is 19.3 Å². The third-order valence-corrected chi connectivity index (χ3v) is 8.13. The minimum atomic E-state index is -3.55. The number of hydrogen-bond acceptors (Lipinski definition) is 4. The molecule has 1 aliphatic heterocycles. The SMILES string of the molecule is COc1cc(Br)c(S(=O)(=O)N2CC[C@@H]3CCCC[C@@H]3C2)cc1OC. The highest BCUT2D eigenvalue weighted by molar-refractivity contribution is 9.10. The fraction of sp³-hybridized carbons (Fsp3) is 0.647. The zero-order valence-corrected chi connectivity index (χ0v) is 16.5. The summed E-state index contributed by atoms with van der Waals surface area (Å²) in [5.41, 5.74) is 0. The molecule has 2 atom stereocenters. The standard InChI is InChI=1S/C17H24BrNO4S/c1-22-15-9-14(18)17(10-16(15)23-2)24(20,21)19-8-7-12-5-3-4-6-13(12)11-19/h9-10,12-13H,3-8,11H2,1-2H3/t12-,13+/m0/s1. The minimum absolute atomic E-state index is 0.245. The number of fused-ring (bicyclic) bond motifs is 1. The van der Waals surface area contributed by atoms with Crippen LogP contribution < -0.4 is 9.47 Å². The summed E-state index contributed by atoms with van der Waals surface area (Å²) in [7, 11) is -0.506. The quantitative estimate of drug-likeness (QED) is 0.749. The largest absolute Gasteiger partial charge is 0.493 e. The molecule has 2 aliphatic rings. The molecular weight excluding hydrogens is 394 g/mol. The lowest BCUT2D eigenvalue weighted by molar-refractivity contribution is 0.136.